The zero-order valence-corrected chi connectivity index (χ0v) is 9.18. The quantitative estimate of drug-likeness (QED) is 0.829. The maximum Gasteiger partial charge on any atom is 0.107 e. The predicted molar refractivity (Wildman–Crippen MR) is 61.8 cm³/mol. The summed E-state index contributed by atoms with van der Waals surface area (Å²) in [6.45, 7) is 0.916. The number of thiazole rings is 1. The molecular weight excluding hydrogens is 206 g/mol. The van der Waals surface area contributed by atoms with Crippen molar-refractivity contribution in [2.45, 2.75) is 25.4 Å². The van der Waals surface area contributed by atoms with Crippen molar-refractivity contribution < 1.29 is 0 Å². The molecule has 0 unspecified atom stereocenters. The average molecular weight is 219 g/mol. The second-order valence-electron chi connectivity index (χ2n) is 3.88. The first-order valence-corrected chi connectivity index (χ1v) is 6.11. The van der Waals surface area contributed by atoms with Crippen molar-refractivity contribution in [3.05, 3.63) is 28.8 Å². The Hall–Kier alpha value is -1.13. The maximum absolute atomic E-state index is 4.59. The van der Waals surface area contributed by atoms with Crippen LogP contribution in [0.2, 0.25) is 0 Å². The molecule has 0 spiro atoms. The van der Waals surface area contributed by atoms with Gasteiger partial charge in [0.1, 0.15) is 5.01 Å². The van der Waals surface area contributed by atoms with Gasteiger partial charge in [0, 0.05) is 35.9 Å². The molecule has 4 heteroatoms. The molecule has 1 aliphatic carbocycles. The van der Waals surface area contributed by atoms with Gasteiger partial charge in [0.15, 0.2) is 0 Å². The van der Waals surface area contributed by atoms with Crippen LogP contribution < -0.4 is 5.32 Å². The van der Waals surface area contributed by atoms with E-state index in [1.54, 1.807) is 11.3 Å². The van der Waals surface area contributed by atoms with Crippen LogP contribution in [-0.4, -0.2) is 16.0 Å². The number of rotatable bonds is 4. The van der Waals surface area contributed by atoms with Crippen LogP contribution >= 0.6 is 11.3 Å². The zero-order valence-electron chi connectivity index (χ0n) is 8.36. The third-order valence-electron chi connectivity index (χ3n) is 2.56. The van der Waals surface area contributed by atoms with Crippen molar-refractivity contribution in [2.24, 2.45) is 0 Å². The van der Waals surface area contributed by atoms with Crippen LogP contribution in [0.1, 0.15) is 17.8 Å². The van der Waals surface area contributed by atoms with E-state index in [4.69, 9.17) is 0 Å². The second-order valence-corrected chi connectivity index (χ2v) is 4.82. The molecule has 1 aliphatic rings. The van der Waals surface area contributed by atoms with Crippen molar-refractivity contribution in [3.63, 3.8) is 0 Å². The standard InChI is InChI=1S/C11H13N3S/c1-2-9(1)13-6-11-14-10(7-15-11)8-3-4-12-5-8/h3-5,7,9,12-13H,1-2,6H2. The molecule has 0 aromatic carbocycles. The molecule has 0 bridgehead atoms. The van der Waals surface area contributed by atoms with Gasteiger partial charge in [0.05, 0.1) is 5.69 Å². The van der Waals surface area contributed by atoms with Crippen LogP contribution in [0.3, 0.4) is 0 Å². The minimum absolute atomic E-state index is 0.754. The van der Waals surface area contributed by atoms with Crippen LogP contribution in [-0.2, 0) is 6.54 Å². The summed E-state index contributed by atoms with van der Waals surface area (Å²) >= 11 is 1.73. The van der Waals surface area contributed by atoms with Crippen LogP contribution in [0.4, 0.5) is 0 Å². The van der Waals surface area contributed by atoms with Crippen LogP contribution in [0, 0.1) is 0 Å². The van der Waals surface area contributed by atoms with Crippen LogP contribution in [0.25, 0.3) is 11.3 Å². The first kappa shape index (κ1) is 9.12. The number of aromatic nitrogens is 2. The third kappa shape index (κ3) is 2.11. The van der Waals surface area contributed by atoms with Gasteiger partial charge >= 0.3 is 0 Å². The number of nitrogens with one attached hydrogen (secondary N) is 2. The Labute approximate surface area is 92.6 Å². The smallest absolute Gasteiger partial charge is 0.107 e. The van der Waals surface area contributed by atoms with E-state index in [9.17, 15) is 0 Å². The Morgan fingerprint density at radius 1 is 1.53 bits per heavy atom. The number of hydrogen-bond acceptors (Lipinski definition) is 3. The van der Waals surface area contributed by atoms with E-state index in [1.165, 1.54) is 23.4 Å². The first-order chi connectivity index (χ1) is 7.42. The highest BCUT2D eigenvalue weighted by Crippen LogP contribution is 2.23. The number of hydrogen-bond donors (Lipinski definition) is 2. The Kier molecular flexibility index (Phi) is 2.31. The van der Waals surface area contributed by atoms with Gasteiger partial charge in [-0.2, -0.15) is 0 Å². The van der Waals surface area contributed by atoms with E-state index in [0.717, 1.165) is 18.3 Å². The normalized spacial score (nSPS) is 15.7. The molecular formula is C11H13N3S. The van der Waals surface area contributed by atoms with Gasteiger partial charge in [-0.1, -0.05) is 0 Å². The summed E-state index contributed by atoms with van der Waals surface area (Å²) in [6, 6.07) is 2.80. The topological polar surface area (TPSA) is 40.7 Å². The van der Waals surface area contributed by atoms with Crippen molar-refractivity contribution in [3.8, 4) is 11.3 Å². The Morgan fingerprint density at radius 2 is 2.47 bits per heavy atom. The van der Waals surface area contributed by atoms with E-state index in [-0.39, 0.29) is 0 Å². The summed E-state index contributed by atoms with van der Waals surface area (Å²) in [5.41, 5.74) is 2.25. The largest absolute Gasteiger partial charge is 0.367 e. The Bertz CT molecular complexity index is 428. The Morgan fingerprint density at radius 3 is 3.20 bits per heavy atom. The predicted octanol–water partition coefficient (Wildman–Crippen LogP) is 2.39. The lowest BCUT2D eigenvalue weighted by Gasteiger charge is -1.96. The minimum atomic E-state index is 0.754. The van der Waals surface area contributed by atoms with Crippen molar-refractivity contribution in [2.75, 3.05) is 0 Å². The van der Waals surface area contributed by atoms with E-state index in [0.29, 0.717) is 0 Å². The van der Waals surface area contributed by atoms with Gasteiger partial charge in [-0.05, 0) is 18.9 Å². The minimum Gasteiger partial charge on any atom is -0.367 e. The molecule has 3 nitrogen and oxygen atoms in total. The molecule has 0 aliphatic heterocycles. The molecule has 0 atom stereocenters. The molecule has 1 fully saturated rings. The zero-order chi connectivity index (χ0) is 10.1. The lowest BCUT2D eigenvalue weighted by molar-refractivity contribution is 0.685. The van der Waals surface area contributed by atoms with E-state index in [1.807, 2.05) is 18.5 Å². The summed E-state index contributed by atoms with van der Waals surface area (Å²) in [4.78, 5) is 7.64. The fraction of sp³-hybridized carbons (Fsp3) is 0.364. The van der Waals surface area contributed by atoms with Gasteiger partial charge in [-0.15, -0.1) is 11.3 Å². The SMILES string of the molecule is c1cc(-c2csc(CNC3CC3)n2)c[nH]1. The molecule has 0 amide bonds. The molecule has 15 heavy (non-hydrogen) atoms. The van der Waals surface area contributed by atoms with E-state index >= 15 is 0 Å². The van der Waals surface area contributed by atoms with E-state index in [2.05, 4.69) is 20.7 Å². The molecule has 3 rings (SSSR count). The van der Waals surface area contributed by atoms with Gasteiger partial charge in [0.2, 0.25) is 0 Å². The molecule has 0 saturated heterocycles. The monoisotopic (exact) mass is 219 g/mol. The van der Waals surface area contributed by atoms with Crippen LogP contribution in [0.5, 0.6) is 0 Å². The molecule has 2 aromatic rings. The van der Waals surface area contributed by atoms with Gasteiger partial charge in [-0.25, -0.2) is 4.98 Å². The highest BCUT2D eigenvalue weighted by Gasteiger charge is 2.20. The second kappa shape index (κ2) is 3.79. The number of H-pyrrole nitrogens is 1. The molecule has 78 valence electrons. The molecule has 2 N–H and O–H groups in total. The molecule has 1 saturated carbocycles. The fourth-order valence-electron chi connectivity index (χ4n) is 1.53. The number of aromatic amines is 1. The molecule has 2 aromatic heterocycles. The molecule has 0 radical (unpaired) electrons. The summed E-state index contributed by atoms with van der Waals surface area (Å²) in [7, 11) is 0. The lowest BCUT2D eigenvalue weighted by atomic mass is 10.3. The van der Waals surface area contributed by atoms with Gasteiger partial charge in [0.25, 0.3) is 0 Å². The third-order valence-corrected chi connectivity index (χ3v) is 3.41. The maximum atomic E-state index is 4.59. The Balaban J connectivity index is 1.69. The first-order valence-electron chi connectivity index (χ1n) is 5.23. The van der Waals surface area contributed by atoms with E-state index < -0.39 is 0 Å². The molecule has 2 heterocycles. The number of nitrogens with zero attached hydrogens (tertiary/aromatic N) is 1. The van der Waals surface area contributed by atoms with Gasteiger partial charge < -0.3 is 10.3 Å². The summed E-state index contributed by atoms with van der Waals surface area (Å²) in [5, 5.41) is 6.77. The average Bonchev–Trinajstić information content (AvgIpc) is 2.78. The fourth-order valence-corrected chi connectivity index (χ4v) is 2.28. The summed E-state index contributed by atoms with van der Waals surface area (Å²) in [6.07, 6.45) is 6.57. The highest BCUT2D eigenvalue weighted by atomic mass is 32.1. The lowest BCUT2D eigenvalue weighted by Crippen LogP contribution is -2.14. The van der Waals surface area contributed by atoms with Gasteiger partial charge in [-0.3, -0.25) is 0 Å². The van der Waals surface area contributed by atoms with Crippen molar-refractivity contribution >= 4 is 11.3 Å². The summed E-state index contributed by atoms with van der Waals surface area (Å²) < 4.78 is 0. The van der Waals surface area contributed by atoms with Crippen LogP contribution in [0.15, 0.2) is 23.8 Å². The van der Waals surface area contributed by atoms with Crippen molar-refractivity contribution in [1.29, 1.82) is 0 Å². The summed E-state index contributed by atoms with van der Waals surface area (Å²) in [5.74, 6) is 0. The highest BCUT2D eigenvalue weighted by molar-refractivity contribution is 7.09. The van der Waals surface area contributed by atoms with Crippen molar-refractivity contribution in [1.82, 2.24) is 15.3 Å².